The number of carboxylic acid groups (broad SMARTS) is 1. The molecule has 0 fully saturated rings. The van der Waals surface area contributed by atoms with Crippen molar-refractivity contribution >= 4 is 22.8 Å². The lowest BCUT2D eigenvalue weighted by Crippen LogP contribution is -2.08. The Morgan fingerprint density at radius 1 is 1.47 bits per heavy atom. The van der Waals surface area contributed by atoms with E-state index in [1.54, 1.807) is 6.92 Å². The van der Waals surface area contributed by atoms with Crippen LogP contribution in [0.1, 0.15) is 41.5 Å². The number of pyridine rings is 1. The third kappa shape index (κ3) is 1.61. The number of hydrogen-bond acceptors (Lipinski definition) is 5. The van der Waals surface area contributed by atoms with E-state index in [0.717, 1.165) is 0 Å². The maximum Gasteiger partial charge on any atom is 0.339 e. The zero-order chi connectivity index (χ0) is 12.7. The number of carbonyl (C=O) groups is 1. The van der Waals surface area contributed by atoms with Gasteiger partial charge in [0, 0.05) is 0 Å². The van der Waals surface area contributed by atoms with Crippen LogP contribution in [-0.2, 0) is 0 Å². The largest absolute Gasteiger partial charge is 0.478 e. The van der Waals surface area contributed by atoms with Crippen molar-refractivity contribution < 1.29 is 14.4 Å². The summed E-state index contributed by atoms with van der Waals surface area (Å²) in [7, 11) is 0. The zero-order valence-corrected chi connectivity index (χ0v) is 9.81. The molecular formula is C11H13N3O3. The van der Waals surface area contributed by atoms with Crippen LogP contribution in [0, 0.1) is 6.92 Å². The molecule has 0 bridgehead atoms. The fraction of sp³-hybridized carbons (Fsp3) is 0.364. The average molecular weight is 235 g/mol. The number of rotatable bonds is 2. The van der Waals surface area contributed by atoms with E-state index in [4.69, 9.17) is 15.4 Å². The Labute approximate surface area is 97.4 Å². The van der Waals surface area contributed by atoms with Crippen molar-refractivity contribution in [1.82, 2.24) is 10.1 Å². The van der Waals surface area contributed by atoms with Crippen molar-refractivity contribution in [2.24, 2.45) is 0 Å². The summed E-state index contributed by atoms with van der Waals surface area (Å²) in [6.07, 6.45) is 0. The summed E-state index contributed by atoms with van der Waals surface area (Å²) in [6.45, 7) is 5.44. The molecular weight excluding hydrogens is 222 g/mol. The predicted molar refractivity (Wildman–Crippen MR) is 62.0 cm³/mol. The van der Waals surface area contributed by atoms with E-state index in [1.807, 2.05) is 13.8 Å². The number of carboxylic acids is 1. The van der Waals surface area contributed by atoms with E-state index < -0.39 is 5.97 Å². The van der Waals surface area contributed by atoms with Crippen LogP contribution in [0.3, 0.4) is 0 Å². The van der Waals surface area contributed by atoms with Crippen LogP contribution < -0.4 is 5.73 Å². The number of hydrogen-bond donors (Lipinski definition) is 2. The highest BCUT2D eigenvalue weighted by Crippen LogP contribution is 2.31. The molecule has 0 saturated heterocycles. The quantitative estimate of drug-likeness (QED) is 0.824. The molecule has 3 N–H and O–H groups in total. The third-order valence-corrected chi connectivity index (χ3v) is 2.63. The van der Waals surface area contributed by atoms with Gasteiger partial charge in [0.05, 0.1) is 22.5 Å². The molecule has 0 aliphatic heterocycles. The number of nitrogens with zero attached hydrogens (tertiary/aromatic N) is 2. The first-order valence-corrected chi connectivity index (χ1v) is 5.22. The summed E-state index contributed by atoms with van der Waals surface area (Å²) < 4.78 is 5.07. The number of anilines is 1. The van der Waals surface area contributed by atoms with Gasteiger partial charge in [0.15, 0.2) is 0 Å². The van der Waals surface area contributed by atoms with Gasteiger partial charge < -0.3 is 15.4 Å². The third-order valence-electron chi connectivity index (χ3n) is 2.63. The maximum absolute atomic E-state index is 11.1. The summed E-state index contributed by atoms with van der Waals surface area (Å²) in [5.74, 6) is -1.00. The number of aryl methyl sites for hydroxylation is 1. The van der Waals surface area contributed by atoms with Crippen LogP contribution in [0.2, 0.25) is 0 Å². The maximum atomic E-state index is 11.1. The van der Waals surface area contributed by atoms with Crippen molar-refractivity contribution in [3.63, 3.8) is 0 Å². The van der Waals surface area contributed by atoms with E-state index >= 15 is 0 Å². The van der Waals surface area contributed by atoms with Crippen molar-refractivity contribution in [2.45, 2.75) is 26.7 Å². The molecule has 0 spiro atoms. The van der Waals surface area contributed by atoms with Gasteiger partial charge in [0.1, 0.15) is 5.56 Å². The Hall–Kier alpha value is -2.11. The van der Waals surface area contributed by atoms with Gasteiger partial charge in [-0.25, -0.2) is 9.78 Å². The van der Waals surface area contributed by atoms with Crippen LogP contribution in [0.15, 0.2) is 4.52 Å². The molecule has 0 saturated carbocycles. The molecule has 17 heavy (non-hydrogen) atoms. The van der Waals surface area contributed by atoms with Gasteiger partial charge in [-0.1, -0.05) is 19.0 Å². The fourth-order valence-electron chi connectivity index (χ4n) is 1.81. The number of fused-ring (bicyclic) bond motifs is 1. The molecule has 0 aliphatic rings. The Kier molecular flexibility index (Phi) is 2.49. The van der Waals surface area contributed by atoms with Crippen LogP contribution in [-0.4, -0.2) is 21.2 Å². The minimum Gasteiger partial charge on any atom is -0.478 e. The highest BCUT2D eigenvalue weighted by atomic mass is 16.5. The number of aromatic nitrogens is 2. The van der Waals surface area contributed by atoms with Gasteiger partial charge >= 0.3 is 5.97 Å². The molecule has 0 atom stereocenters. The summed E-state index contributed by atoms with van der Waals surface area (Å²) >= 11 is 0. The van der Waals surface area contributed by atoms with E-state index in [0.29, 0.717) is 16.8 Å². The molecule has 2 aromatic heterocycles. The summed E-state index contributed by atoms with van der Waals surface area (Å²) in [6, 6.07) is 0. The molecule has 2 aromatic rings. The zero-order valence-electron chi connectivity index (χ0n) is 9.81. The van der Waals surface area contributed by atoms with Crippen molar-refractivity contribution in [2.75, 3.05) is 5.73 Å². The van der Waals surface area contributed by atoms with E-state index in [1.165, 1.54) is 0 Å². The molecule has 6 nitrogen and oxygen atoms in total. The highest BCUT2D eigenvalue weighted by molar-refractivity contribution is 6.04. The predicted octanol–water partition coefficient (Wildman–Crippen LogP) is 1.94. The van der Waals surface area contributed by atoms with E-state index in [9.17, 15) is 4.79 Å². The highest BCUT2D eigenvalue weighted by Gasteiger charge is 2.22. The lowest BCUT2D eigenvalue weighted by atomic mass is 10.0. The molecule has 0 amide bonds. The van der Waals surface area contributed by atoms with Crippen molar-refractivity contribution in [1.29, 1.82) is 0 Å². The fourth-order valence-corrected chi connectivity index (χ4v) is 1.81. The number of nitrogen functional groups attached to an aromatic ring is 1. The summed E-state index contributed by atoms with van der Waals surface area (Å²) in [5, 5.41) is 13.5. The van der Waals surface area contributed by atoms with Crippen LogP contribution in [0.4, 0.5) is 5.69 Å². The first-order chi connectivity index (χ1) is 7.93. The molecule has 2 rings (SSSR count). The molecule has 6 heteroatoms. The molecule has 0 radical (unpaired) electrons. The summed E-state index contributed by atoms with van der Waals surface area (Å²) in [5.41, 5.74) is 7.32. The Morgan fingerprint density at radius 2 is 2.12 bits per heavy atom. The average Bonchev–Trinajstić information content (AvgIpc) is 2.60. The van der Waals surface area contributed by atoms with Gasteiger partial charge in [-0.2, -0.15) is 0 Å². The molecule has 90 valence electrons. The molecule has 2 heterocycles. The van der Waals surface area contributed by atoms with Crippen molar-refractivity contribution in [3.8, 4) is 0 Å². The second-order valence-electron chi connectivity index (χ2n) is 4.19. The van der Waals surface area contributed by atoms with Gasteiger partial charge in [-0.05, 0) is 12.8 Å². The van der Waals surface area contributed by atoms with Gasteiger partial charge in [-0.15, -0.1) is 0 Å². The van der Waals surface area contributed by atoms with Gasteiger partial charge in [0.25, 0.3) is 5.71 Å². The minimum atomic E-state index is -1.09. The topological polar surface area (TPSA) is 102 Å². The molecule has 0 unspecified atom stereocenters. The Bertz CT molecular complexity index is 602. The van der Waals surface area contributed by atoms with Crippen molar-refractivity contribution in [3.05, 3.63) is 17.0 Å². The molecule has 0 aromatic carbocycles. The molecule has 0 aliphatic carbocycles. The smallest absolute Gasteiger partial charge is 0.339 e. The number of nitrogens with two attached hydrogens (primary N) is 1. The van der Waals surface area contributed by atoms with E-state index in [-0.39, 0.29) is 22.9 Å². The number of aromatic carboxylic acids is 1. The van der Waals surface area contributed by atoms with Gasteiger partial charge in [0.2, 0.25) is 0 Å². The standard InChI is InChI=1S/C11H13N3O3/c1-4(2)9-7-8(12)6(11(15)16)5(3)13-10(7)17-14-9/h4H,1-3H3,(H2,12,13)(H,15,16). The lowest BCUT2D eigenvalue weighted by Gasteiger charge is -2.06. The van der Waals surface area contributed by atoms with Crippen LogP contribution >= 0.6 is 0 Å². The Balaban J connectivity index is 2.87. The lowest BCUT2D eigenvalue weighted by molar-refractivity contribution is 0.0697. The monoisotopic (exact) mass is 235 g/mol. The second kappa shape index (κ2) is 3.73. The first kappa shape index (κ1) is 11.4. The Morgan fingerprint density at radius 3 is 2.65 bits per heavy atom. The van der Waals surface area contributed by atoms with Crippen LogP contribution in [0.5, 0.6) is 0 Å². The van der Waals surface area contributed by atoms with Crippen LogP contribution in [0.25, 0.3) is 11.1 Å². The van der Waals surface area contributed by atoms with E-state index in [2.05, 4.69) is 10.1 Å². The SMILES string of the molecule is Cc1nc2onc(C(C)C)c2c(N)c1C(=O)O. The summed E-state index contributed by atoms with van der Waals surface area (Å²) in [4.78, 5) is 15.2. The first-order valence-electron chi connectivity index (χ1n) is 5.22. The second-order valence-corrected chi connectivity index (χ2v) is 4.19. The normalized spacial score (nSPS) is 11.3. The van der Waals surface area contributed by atoms with Gasteiger partial charge in [-0.3, -0.25) is 0 Å². The minimum absolute atomic E-state index is 0.0163.